The van der Waals surface area contributed by atoms with Gasteiger partial charge in [0.05, 0.1) is 40.1 Å². The van der Waals surface area contributed by atoms with Crippen molar-refractivity contribution in [3.63, 3.8) is 0 Å². The zero-order valence-electron chi connectivity index (χ0n) is 17.8. The summed E-state index contributed by atoms with van der Waals surface area (Å²) in [6.45, 7) is 4.94. The van der Waals surface area contributed by atoms with Crippen LogP contribution in [-0.4, -0.2) is 93.2 Å². The van der Waals surface area contributed by atoms with E-state index in [1.165, 1.54) is 0 Å². The van der Waals surface area contributed by atoms with Crippen LogP contribution in [0.2, 0.25) is 0 Å². The third-order valence-corrected chi connectivity index (χ3v) is 6.54. The molecule has 1 N–H and O–H groups in total. The van der Waals surface area contributed by atoms with Crippen LogP contribution in [0.4, 0.5) is 0 Å². The van der Waals surface area contributed by atoms with E-state index in [0.29, 0.717) is 55.3 Å². The van der Waals surface area contributed by atoms with Gasteiger partial charge in [0.25, 0.3) is 0 Å². The number of ether oxygens (including phenoxy) is 4. The molecule has 3 aliphatic rings. The van der Waals surface area contributed by atoms with Gasteiger partial charge >= 0.3 is 0 Å². The fourth-order valence-corrected chi connectivity index (χ4v) is 4.84. The van der Waals surface area contributed by atoms with Gasteiger partial charge in [-0.1, -0.05) is 0 Å². The number of fused-ring (bicyclic) bond motifs is 1. The van der Waals surface area contributed by atoms with Crippen LogP contribution >= 0.6 is 0 Å². The van der Waals surface area contributed by atoms with E-state index in [4.69, 9.17) is 18.9 Å². The minimum Gasteiger partial charge on any atom is -0.493 e. The van der Waals surface area contributed by atoms with E-state index in [1.807, 2.05) is 11.0 Å². The Balaban J connectivity index is 1.34. The molecule has 1 saturated carbocycles. The normalized spacial score (nSPS) is 29.4. The van der Waals surface area contributed by atoms with Gasteiger partial charge in [-0.15, -0.1) is 0 Å². The summed E-state index contributed by atoms with van der Waals surface area (Å²) in [5.41, 5.74) is 0. The number of aliphatic hydroxyl groups excluding tert-OH is 1. The van der Waals surface area contributed by atoms with Gasteiger partial charge in [-0.05, 0) is 36.8 Å². The zero-order chi connectivity index (χ0) is 21.1. The van der Waals surface area contributed by atoms with Crippen molar-refractivity contribution in [1.29, 1.82) is 0 Å². The molecule has 1 amide bonds. The van der Waals surface area contributed by atoms with Crippen molar-refractivity contribution >= 4 is 5.91 Å². The summed E-state index contributed by atoms with van der Waals surface area (Å²) in [4.78, 5) is 16.9. The number of rotatable bonds is 6. The first-order chi connectivity index (χ1) is 14.6. The molecule has 30 heavy (non-hydrogen) atoms. The molecule has 2 aliphatic heterocycles. The number of amides is 1. The quantitative estimate of drug-likeness (QED) is 0.736. The zero-order valence-corrected chi connectivity index (χ0v) is 17.8. The number of methoxy groups -OCH3 is 2. The van der Waals surface area contributed by atoms with Crippen LogP contribution in [0, 0.1) is 11.8 Å². The van der Waals surface area contributed by atoms with Crippen LogP contribution < -0.4 is 14.2 Å². The van der Waals surface area contributed by atoms with Crippen molar-refractivity contribution in [3.05, 3.63) is 18.2 Å². The molecule has 2 saturated heterocycles. The van der Waals surface area contributed by atoms with Crippen LogP contribution in [-0.2, 0) is 9.53 Å². The summed E-state index contributed by atoms with van der Waals surface area (Å²) in [6.07, 6.45) is 0.554. The molecule has 4 rings (SSSR count). The van der Waals surface area contributed by atoms with Gasteiger partial charge in [0.1, 0.15) is 11.9 Å². The Kier molecular flexibility index (Phi) is 6.65. The molecule has 0 spiro atoms. The predicted octanol–water partition coefficient (Wildman–Crippen LogP) is 1.01. The van der Waals surface area contributed by atoms with Crippen LogP contribution in [0.5, 0.6) is 17.2 Å². The lowest BCUT2D eigenvalue weighted by Crippen LogP contribution is -2.44. The molecule has 0 aromatic heterocycles. The highest BCUT2D eigenvalue weighted by molar-refractivity contribution is 5.78. The van der Waals surface area contributed by atoms with Crippen LogP contribution in [0.1, 0.15) is 12.8 Å². The van der Waals surface area contributed by atoms with Crippen molar-refractivity contribution in [2.75, 3.05) is 60.2 Å². The van der Waals surface area contributed by atoms with Crippen molar-refractivity contribution in [3.8, 4) is 17.2 Å². The molecule has 1 aliphatic carbocycles. The Morgan fingerprint density at radius 1 is 1.10 bits per heavy atom. The first-order valence-corrected chi connectivity index (χ1v) is 10.7. The Hall–Kier alpha value is -2.03. The lowest BCUT2D eigenvalue weighted by atomic mass is 9.78. The van der Waals surface area contributed by atoms with Crippen LogP contribution in [0.15, 0.2) is 18.2 Å². The Morgan fingerprint density at radius 2 is 1.80 bits per heavy atom. The van der Waals surface area contributed by atoms with Gasteiger partial charge in [0.2, 0.25) is 5.91 Å². The van der Waals surface area contributed by atoms with E-state index in [9.17, 15) is 9.90 Å². The summed E-state index contributed by atoms with van der Waals surface area (Å²) in [6, 6.07) is 5.41. The third kappa shape index (κ3) is 4.66. The van der Waals surface area contributed by atoms with Gasteiger partial charge in [-0.25, -0.2) is 0 Å². The summed E-state index contributed by atoms with van der Waals surface area (Å²) in [7, 11) is 3.18. The van der Waals surface area contributed by atoms with Crippen molar-refractivity contribution in [1.82, 2.24) is 9.80 Å². The second-order valence-corrected chi connectivity index (χ2v) is 8.42. The first-order valence-electron chi connectivity index (χ1n) is 10.7. The molecule has 8 nitrogen and oxygen atoms in total. The van der Waals surface area contributed by atoms with Gasteiger partial charge < -0.3 is 29.0 Å². The Bertz CT molecular complexity index is 738. The fraction of sp³-hybridized carbons (Fsp3) is 0.682. The number of hydrogen-bond acceptors (Lipinski definition) is 7. The minimum absolute atomic E-state index is 0.179. The Morgan fingerprint density at radius 3 is 2.50 bits per heavy atom. The molecule has 8 heteroatoms. The summed E-state index contributed by atoms with van der Waals surface area (Å²) in [5.74, 6) is 2.75. The van der Waals surface area contributed by atoms with Crippen LogP contribution in [0.25, 0.3) is 0 Å². The summed E-state index contributed by atoms with van der Waals surface area (Å²) in [5, 5.41) is 10.7. The highest BCUT2D eigenvalue weighted by atomic mass is 16.5. The molecule has 3 fully saturated rings. The smallest absolute Gasteiger partial charge is 0.236 e. The second kappa shape index (κ2) is 9.41. The number of likely N-dealkylation sites (tertiary alicyclic amines) is 1. The van der Waals surface area contributed by atoms with Crippen LogP contribution in [0.3, 0.4) is 0 Å². The second-order valence-electron chi connectivity index (χ2n) is 8.42. The van der Waals surface area contributed by atoms with Gasteiger partial charge in [-0.3, -0.25) is 9.69 Å². The SMILES string of the molecule is COc1ccc(O[C@@H]2C[C@@H]3CN(C(=O)CN4CCOCC4)C[C@@H]3C[C@H]2O)cc1OC. The number of benzene rings is 1. The molecular weight excluding hydrogens is 388 g/mol. The first kappa shape index (κ1) is 21.2. The predicted molar refractivity (Wildman–Crippen MR) is 110 cm³/mol. The highest BCUT2D eigenvalue weighted by Crippen LogP contribution is 2.39. The van der Waals surface area contributed by atoms with E-state index < -0.39 is 6.10 Å². The van der Waals surface area contributed by atoms with Crippen molar-refractivity contribution in [2.45, 2.75) is 25.0 Å². The minimum atomic E-state index is -0.548. The highest BCUT2D eigenvalue weighted by Gasteiger charge is 2.44. The lowest BCUT2D eigenvalue weighted by Gasteiger charge is -2.35. The summed E-state index contributed by atoms with van der Waals surface area (Å²) >= 11 is 0. The van der Waals surface area contributed by atoms with E-state index >= 15 is 0 Å². The molecule has 166 valence electrons. The molecular formula is C22H32N2O6. The molecule has 4 atom stereocenters. The largest absolute Gasteiger partial charge is 0.493 e. The number of nitrogens with zero attached hydrogens (tertiary/aromatic N) is 2. The van der Waals surface area contributed by atoms with Crippen molar-refractivity contribution < 1.29 is 28.8 Å². The fourth-order valence-electron chi connectivity index (χ4n) is 4.84. The van der Waals surface area contributed by atoms with Crippen molar-refractivity contribution in [2.24, 2.45) is 11.8 Å². The standard InChI is InChI=1S/C22H32N2O6/c1-27-19-4-3-17(11-21(19)28-2)30-20-10-16-13-24(12-15(16)9-18(20)25)22(26)14-23-5-7-29-8-6-23/h3-4,11,15-16,18,20,25H,5-10,12-14H2,1-2H3/t15-,16+,18+,20+/m0/s1. The molecule has 1 aromatic carbocycles. The average molecular weight is 421 g/mol. The van der Waals surface area contributed by atoms with E-state index in [-0.39, 0.29) is 12.0 Å². The number of carbonyl (C=O) groups excluding carboxylic acids is 1. The Labute approximate surface area is 177 Å². The van der Waals surface area contributed by atoms with E-state index in [0.717, 1.165) is 32.6 Å². The van der Waals surface area contributed by atoms with Gasteiger partial charge in [-0.2, -0.15) is 0 Å². The molecule has 2 heterocycles. The molecule has 0 unspecified atom stereocenters. The maximum absolute atomic E-state index is 12.8. The molecule has 0 radical (unpaired) electrons. The maximum Gasteiger partial charge on any atom is 0.236 e. The number of hydrogen-bond donors (Lipinski definition) is 1. The summed E-state index contributed by atoms with van der Waals surface area (Å²) < 4.78 is 22.1. The average Bonchev–Trinajstić information content (AvgIpc) is 3.17. The van der Waals surface area contributed by atoms with E-state index in [1.54, 1.807) is 26.4 Å². The number of aliphatic hydroxyl groups is 1. The maximum atomic E-state index is 12.8. The third-order valence-electron chi connectivity index (χ3n) is 6.54. The monoisotopic (exact) mass is 420 g/mol. The lowest BCUT2D eigenvalue weighted by molar-refractivity contribution is -0.132. The molecule has 0 bridgehead atoms. The van der Waals surface area contributed by atoms with Gasteiger partial charge in [0, 0.05) is 32.2 Å². The number of carbonyl (C=O) groups is 1. The number of morpholine rings is 1. The van der Waals surface area contributed by atoms with Gasteiger partial charge in [0.15, 0.2) is 11.5 Å². The molecule has 1 aromatic rings. The van der Waals surface area contributed by atoms with E-state index in [2.05, 4.69) is 4.90 Å². The topological polar surface area (TPSA) is 80.7 Å².